The van der Waals surface area contributed by atoms with Crippen molar-refractivity contribution in [2.75, 3.05) is 12.3 Å². The SMILES string of the molecule is CCOC(=O)c1ccnn1-c1ccc(N)cc1. The quantitative estimate of drug-likeness (QED) is 0.643. The van der Waals surface area contributed by atoms with Gasteiger partial charge in [-0.15, -0.1) is 0 Å². The van der Waals surface area contributed by atoms with Gasteiger partial charge in [0, 0.05) is 5.69 Å². The second-order valence-corrected chi connectivity index (χ2v) is 3.44. The largest absolute Gasteiger partial charge is 0.461 e. The van der Waals surface area contributed by atoms with Crippen molar-refractivity contribution in [2.45, 2.75) is 6.92 Å². The molecule has 2 aromatic rings. The molecule has 0 fully saturated rings. The Morgan fingerprint density at radius 3 is 2.71 bits per heavy atom. The van der Waals surface area contributed by atoms with E-state index in [1.807, 2.05) is 0 Å². The van der Waals surface area contributed by atoms with Gasteiger partial charge in [-0.1, -0.05) is 0 Å². The average molecular weight is 231 g/mol. The average Bonchev–Trinajstić information content (AvgIpc) is 2.79. The smallest absolute Gasteiger partial charge is 0.357 e. The van der Waals surface area contributed by atoms with Crippen molar-refractivity contribution in [3.63, 3.8) is 0 Å². The third-order valence-corrected chi connectivity index (χ3v) is 2.26. The molecule has 1 heterocycles. The molecule has 0 saturated carbocycles. The molecule has 0 aliphatic rings. The van der Waals surface area contributed by atoms with Crippen LogP contribution in [0.15, 0.2) is 36.5 Å². The monoisotopic (exact) mass is 231 g/mol. The van der Waals surface area contributed by atoms with Gasteiger partial charge in [-0.05, 0) is 37.3 Å². The van der Waals surface area contributed by atoms with Crippen LogP contribution in [0, 0.1) is 0 Å². The molecule has 0 saturated heterocycles. The fourth-order valence-corrected chi connectivity index (χ4v) is 1.48. The minimum absolute atomic E-state index is 0.339. The lowest BCUT2D eigenvalue weighted by molar-refractivity contribution is 0.0516. The summed E-state index contributed by atoms with van der Waals surface area (Å²) >= 11 is 0. The van der Waals surface area contributed by atoms with Gasteiger partial charge in [0.1, 0.15) is 0 Å². The lowest BCUT2D eigenvalue weighted by Gasteiger charge is -2.06. The van der Waals surface area contributed by atoms with E-state index in [9.17, 15) is 4.79 Å². The Kier molecular flexibility index (Phi) is 3.09. The highest BCUT2D eigenvalue weighted by atomic mass is 16.5. The molecule has 0 atom stereocenters. The lowest BCUT2D eigenvalue weighted by Crippen LogP contribution is -2.11. The highest BCUT2D eigenvalue weighted by Gasteiger charge is 2.13. The van der Waals surface area contributed by atoms with Crippen LogP contribution in [0.3, 0.4) is 0 Å². The molecule has 0 spiro atoms. The molecule has 0 radical (unpaired) electrons. The van der Waals surface area contributed by atoms with Crippen molar-refractivity contribution >= 4 is 11.7 Å². The second-order valence-electron chi connectivity index (χ2n) is 3.44. The molecular weight excluding hydrogens is 218 g/mol. The maximum Gasteiger partial charge on any atom is 0.357 e. The summed E-state index contributed by atoms with van der Waals surface area (Å²) in [5.74, 6) is -0.387. The van der Waals surface area contributed by atoms with Crippen molar-refractivity contribution in [2.24, 2.45) is 0 Å². The number of aromatic nitrogens is 2. The van der Waals surface area contributed by atoms with Crippen molar-refractivity contribution in [3.05, 3.63) is 42.2 Å². The molecule has 0 bridgehead atoms. The zero-order valence-corrected chi connectivity index (χ0v) is 9.46. The van der Waals surface area contributed by atoms with E-state index in [1.54, 1.807) is 43.5 Å². The Morgan fingerprint density at radius 2 is 2.06 bits per heavy atom. The summed E-state index contributed by atoms with van der Waals surface area (Å²) in [7, 11) is 0. The molecule has 0 aliphatic heterocycles. The molecule has 0 unspecified atom stereocenters. The number of nitrogen functional groups attached to an aromatic ring is 1. The number of nitrogens with zero attached hydrogens (tertiary/aromatic N) is 2. The summed E-state index contributed by atoms with van der Waals surface area (Å²) in [6.07, 6.45) is 1.56. The van der Waals surface area contributed by atoms with E-state index in [0.717, 1.165) is 5.69 Å². The number of hydrogen-bond donors (Lipinski definition) is 1. The van der Waals surface area contributed by atoms with Crippen LogP contribution in [0.4, 0.5) is 5.69 Å². The van der Waals surface area contributed by atoms with Gasteiger partial charge in [-0.3, -0.25) is 0 Å². The van der Waals surface area contributed by atoms with Gasteiger partial charge in [0.05, 0.1) is 18.5 Å². The molecule has 5 nitrogen and oxygen atoms in total. The molecule has 0 amide bonds. The summed E-state index contributed by atoms with van der Waals surface area (Å²) < 4.78 is 6.47. The number of esters is 1. The molecule has 17 heavy (non-hydrogen) atoms. The van der Waals surface area contributed by atoms with E-state index in [0.29, 0.717) is 18.0 Å². The van der Waals surface area contributed by atoms with Crippen molar-refractivity contribution in [3.8, 4) is 5.69 Å². The molecule has 2 rings (SSSR count). The van der Waals surface area contributed by atoms with Gasteiger partial charge in [-0.2, -0.15) is 5.10 Å². The minimum atomic E-state index is -0.387. The Balaban J connectivity index is 2.36. The molecular formula is C12H13N3O2. The van der Waals surface area contributed by atoms with Gasteiger partial charge in [0.25, 0.3) is 0 Å². The Labute approximate surface area is 98.8 Å². The first kappa shape index (κ1) is 11.2. The number of carbonyl (C=O) groups is 1. The fraction of sp³-hybridized carbons (Fsp3) is 0.167. The van der Waals surface area contributed by atoms with Gasteiger partial charge < -0.3 is 10.5 Å². The number of nitrogens with two attached hydrogens (primary N) is 1. The second kappa shape index (κ2) is 4.69. The normalized spacial score (nSPS) is 10.2. The van der Waals surface area contributed by atoms with Crippen LogP contribution in [0.25, 0.3) is 5.69 Å². The molecule has 2 N–H and O–H groups in total. The topological polar surface area (TPSA) is 70.1 Å². The van der Waals surface area contributed by atoms with E-state index in [1.165, 1.54) is 4.68 Å². The van der Waals surface area contributed by atoms with Crippen LogP contribution >= 0.6 is 0 Å². The van der Waals surface area contributed by atoms with Gasteiger partial charge in [0.2, 0.25) is 0 Å². The molecule has 1 aromatic carbocycles. The zero-order chi connectivity index (χ0) is 12.3. The van der Waals surface area contributed by atoms with E-state index < -0.39 is 0 Å². The zero-order valence-electron chi connectivity index (χ0n) is 9.46. The van der Waals surface area contributed by atoms with Gasteiger partial charge in [0.15, 0.2) is 5.69 Å². The van der Waals surface area contributed by atoms with Crippen molar-refractivity contribution < 1.29 is 9.53 Å². The first-order chi connectivity index (χ1) is 8.22. The lowest BCUT2D eigenvalue weighted by atomic mass is 10.3. The van der Waals surface area contributed by atoms with Crippen molar-refractivity contribution in [1.82, 2.24) is 9.78 Å². The van der Waals surface area contributed by atoms with Crippen LogP contribution in [0.5, 0.6) is 0 Å². The van der Waals surface area contributed by atoms with E-state index >= 15 is 0 Å². The van der Waals surface area contributed by atoms with Crippen LogP contribution in [-0.4, -0.2) is 22.4 Å². The third kappa shape index (κ3) is 2.28. The highest BCUT2D eigenvalue weighted by molar-refractivity contribution is 5.88. The molecule has 88 valence electrons. The maximum atomic E-state index is 11.7. The number of anilines is 1. The summed E-state index contributed by atoms with van der Waals surface area (Å²) in [6, 6.07) is 8.72. The van der Waals surface area contributed by atoms with E-state index in [-0.39, 0.29) is 5.97 Å². The molecule has 0 aliphatic carbocycles. The van der Waals surface area contributed by atoms with Crippen LogP contribution in [0.2, 0.25) is 0 Å². The fourth-order valence-electron chi connectivity index (χ4n) is 1.48. The van der Waals surface area contributed by atoms with Crippen LogP contribution < -0.4 is 5.73 Å². The minimum Gasteiger partial charge on any atom is -0.461 e. The summed E-state index contributed by atoms with van der Waals surface area (Å²) in [5, 5.41) is 4.09. The summed E-state index contributed by atoms with van der Waals surface area (Å²) in [6.45, 7) is 2.10. The summed E-state index contributed by atoms with van der Waals surface area (Å²) in [4.78, 5) is 11.7. The third-order valence-electron chi connectivity index (χ3n) is 2.26. The molecule has 1 aromatic heterocycles. The number of rotatable bonds is 3. The summed E-state index contributed by atoms with van der Waals surface area (Å²) in [5.41, 5.74) is 7.44. The maximum absolute atomic E-state index is 11.7. The molecule has 5 heteroatoms. The van der Waals surface area contributed by atoms with Crippen molar-refractivity contribution in [1.29, 1.82) is 0 Å². The number of ether oxygens (including phenoxy) is 1. The highest BCUT2D eigenvalue weighted by Crippen LogP contribution is 2.13. The Bertz CT molecular complexity index is 517. The first-order valence-electron chi connectivity index (χ1n) is 5.29. The Morgan fingerprint density at radius 1 is 1.35 bits per heavy atom. The standard InChI is InChI=1S/C12H13N3O2/c1-2-17-12(16)11-7-8-14-15(11)10-5-3-9(13)4-6-10/h3-8H,2,13H2,1H3. The number of hydrogen-bond acceptors (Lipinski definition) is 4. The van der Waals surface area contributed by atoms with Crippen LogP contribution in [0.1, 0.15) is 17.4 Å². The first-order valence-corrected chi connectivity index (χ1v) is 5.29. The van der Waals surface area contributed by atoms with Crippen LogP contribution in [-0.2, 0) is 4.74 Å². The number of benzene rings is 1. The van der Waals surface area contributed by atoms with E-state index in [2.05, 4.69) is 5.10 Å². The predicted octanol–water partition coefficient (Wildman–Crippen LogP) is 1.63. The predicted molar refractivity (Wildman–Crippen MR) is 63.9 cm³/mol. The van der Waals surface area contributed by atoms with Gasteiger partial charge >= 0.3 is 5.97 Å². The van der Waals surface area contributed by atoms with Gasteiger partial charge in [-0.25, -0.2) is 9.48 Å². The van der Waals surface area contributed by atoms with E-state index in [4.69, 9.17) is 10.5 Å². The number of carbonyl (C=O) groups excluding carboxylic acids is 1. The Hall–Kier alpha value is -2.30.